The number of nitrogens with zero attached hydrogens (tertiary/aromatic N) is 2. The van der Waals surface area contributed by atoms with Gasteiger partial charge in [0.05, 0.1) is 31.1 Å². The Bertz CT molecular complexity index is 1310. The van der Waals surface area contributed by atoms with Gasteiger partial charge in [-0.2, -0.15) is 5.10 Å². The van der Waals surface area contributed by atoms with E-state index in [0.29, 0.717) is 54.3 Å². The smallest absolute Gasteiger partial charge is 0.320 e. The molecule has 1 aliphatic carbocycles. The quantitative estimate of drug-likeness (QED) is 0.210. The number of aliphatic hydroxyl groups excluding tert-OH is 1. The molecular formula is C26H32N8O3. The number of hydrogen-bond acceptors (Lipinski definition) is 7. The zero-order valence-electron chi connectivity index (χ0n) is 20.6. The van der Waals surface area contributed by atoms with Gasteiger partial charge in [0.15, 0.2) is 0 Å². The lowest BCUT2D eigenvalue weighted by molar-refractivity contribution is 0.171. The minimum absolute atomic E-state index is 0.0321. The summed E-state index contributed by atoms with van der Waals surface area (Å²) in [4.78, 5) is 15.9. The number of carbonyl (C=O) groups excluding carboxylic acids is 1. The summed E-state index contributed by atoms with van der Waals surface area (Å²) in [5, 5.41) is 37.9. The van der Waals surface area contributed by atoms with Gasteiger partial charge in [-0.1, -0.05) is 31.2 Å². The molecule has 37 heavy (non-hydrogen) atoms. The van der Waals surface area contributed by atoms with Crippen LogP contribution in [0.2, 0.25) is 0 Å². The fourth-order valence-corrected chi connectivity index (χ4v) is 4.18. The van der Waals surface area contributed by atoms with Crippen molar-refractivity contribution in [2.24, 2.45) is 0 Å². The second kappa shape index (κ2) is 12.0. The lowest BCUT2D eigenvalue weighted by Crippen LogP contribution is -2.40. The molecule has 0 saturated carbocycles. The van der Waals surface area contributed by atoms with E-state index in [-0.39, 0.29) is 18.8 Å². The normalized spacial score (nSPS) is 17.0. The molecule has 2 unspecified atom stereocenters. The lowest BCUT2D eigenvalue weighted by Gasteiger charge is -2.32. The number of aromatic nitrogens is 3. The molecule has 0 aliphatic heterocycles. The van der Waals surface area contributed by atoms with Crippen LogP contribution in [-0.2, 0) is 6.54 Å². The first-order valence-electron chi connectivity index (χ1n) is 12.2. The molecular weight excluding hydrogens is 472 g/mol. The van der Waals surface area contributed by atoms with Gasteiger partial charge in [0.1, 0.15) is 23.2 Å². The number of ether oxygens (including phenoxy) is 1. The Morgan fingerprint density at radius 3 is 2.81 bits per heavy atom. The standard InChI is InChI=1S/C26H32N8O3/c1-2-17(27)13-25(31-18-14-30-34(16-18)11-12-35)33-26(36)32-22-8-9-23(21-6-4-3-5-20(21)22)37-19-7-10-24(28)29-15-19/h3-7,10,13-16,22-23,27,31,35H,2,8-9,11-12H2,1H3,(H2,28,29)(H2,32,33,36)/b25-13+,27-17?. The minimum atomic E-state index is -0.398. The van der Waals surface area contributed by atoms with E-state index < -0.39 is 6.03 Å². The number of benzene rings is 1. The third kappa shape index (κ3) is 6.85. The number of nitrogens with one attached hydrogen (secondary N) is 6. The Morgan fingerprint density at radius 2 is 2.08 bits per heavy atom. The van der Waals surface area contributed by atoms with E-state index in [1.807, 2.05) is 31.2 Å². The molecule has 1 aliphatic rings. The number of pyridine rings is 1. The molecule has 1 aromatic carbocycles. The molecule has 0 fully saturated rings. The summed E-state index contributed by atoms with van der Waals surface area (Å²) in [6, 6.07) is 10.7. The van der Waals surface area contributed by atoms with Crippen molar-refractivity contribution in [1.29, 1.82) is 10.8 Å². The molecule has 2 amide bonds. The monoisotopic (exact) mass is 504 g/mol. The Kier molecular flexibility index (Phi) is 8.37. The van der Waals surface area contributed by atoms with Crippen LogP contribution >= 0.6 is 0 Å². The van der Waals surface area contributed by atoms with Gasteiger partial charge < -0.3 is 30.9 Å². The zero-order chi connectivity index (χ0) is 26.2. The van der Waals surface area contributed by atoms with Crippen LogP contribution in [0.15, 0.2) is 66.9 Å². The summed E-state index contributed by atoms with van der Waals surface area (Å²) in [5.41, 5.74) is 3.28. The topological polar surface area (TPSA) is 164 Å². The molecule has 3 aromatic rings. The Hall–Kier alpha value is -4.38. The van der Waals surface area contributed by atoms with Gasteiger partial charge in [-0.15, -0.1) is 0 Å². The highest BCUT2D eigenvalue weighted by Crippen LogP contribution is 2.38. The molecule has 2 aromatic heterocycles. The van der Waals surface area contributed by atoms with E-state index in [1.165, 1.54) is 0 Å². The van der Waals surface area contributed by atoms with Crippen LogP contribution in [0.25, 0.3) is 0 Å². The van der Waals surface area contributed by atoms with Crippen LogP contribution in [0.3, 0.4) is 0 Å². The first-order valence-corrected chi connectivity index (χ1v) is 12.2. The van der Waals surface area contributed by atoms with Crippen molar-refractivity contribution in [2.75, 3.05) is 11.9 Å². The van der Waals surface area contributed by atoms with Crippen molar-refractivity contribution < 1.29 is 14.6 Å². The van der Waals surface area contributed by atoms with E-state index in [0.717, 1.165) is 11.1 Å². The number of hydrogen-bond donors (Lipinski definition) is 7. The number of fused-ring (bicyclic) bond motifs is 1. The van der Waals surface area contributed by atoms with Crippen LogP contribution in [0, 0.1) is 10.8 Å². The van der Waals surface area contributed by atoms with E-state index in [1.54, 1.807) is 41.5 Å². The van der Waals surface area contributed by atoms with Gasteiger partial charge in [-0.05, 0) is 48.6 Å². The molecule has 0 radical (unpaired) electrons. The first kappa shape index (κ1) is 25.7. The number of amides is 2. The van der Waals surface area contributed by atoms with Crippen molar-refractivity contribution >= 4 is 17.4 Å². The Morgan fingerprint density at radius 1 is 1.27 bits per heavy atom. The summed E-state index contributed by atoms with van der Waals surface area (Å²) >= 11 is 0. The van der Waals surface area contributed by atoms with Crippen molar-refractivity contribution in [3.63, 3.8) is 0 Å². The van der Waals surface area contributed by atoms with Gasteiger partial charge in [-0.3, -0.25) is 15.4 Å². The molecule has 2 heterocycles. The Labute approximate surface area is 214 Å². The summed E-state index contributed by atoms with van der Waals surface area (Å²) in [7, 11) is 0. The van der Waals surface area contributed by atoms with Gasteiger partial charge in [0, 0.05) is 18.1 Å². The average molecular weight is 505 g/mol. The van der Waals surface area contributed by atoms with Crippen molar-refractivity contribution in [2.45, 2.75) is 44.9 Å². The molecule has 4 rings (SSSR count). The largest absolute Gasteiger partial charge is 0.484 e. The maximum absolute atomic E-state index is 13.0. The fourth-order valence-electron chi connectivity index (χ4n) is 4.18. The molecule has 11 nitrogen and oxygen atoms in total. The number of urea groups is 1. The number of anilines is 1. The molecule has 194 valence electrons. The van der Waals surface area contributed by atoms with Crippen molar-refractivity contribution in [3.8, 4) is 5.75 Å². The number of aliphatic hydroxyl groups is 1. The second-order valence-corrected chi connectivity index (χ2v) is 8.68. The molecule has 11 heteroatoms. The van der Waals surface area contributed by atoms with Gasteiger partial charge in [0.2, 0.25) is 0 Å². The predicted octanol–water partition coefficient (Wildman–Crippen LogP) is 3.32. The molecule has 2 atom stereocenters. The molecule has 0 bridgehead atoms. The van der Waals surface area contributed by atoms with E-state index in [4.69, 9.17) is 20.7 Å². The molecule has 7 N–H and O–H groups in total. The molecule has 0 saturated heterocycles. The average Bonchev–Trinajstić information content (AvgIpc) is 3.33. The van der Waals surface area contributed by atoms with Crippen molar-refractivity contribution in [3.05, 3.63) is 83.5 Å². The summed E-state index contributed by atoms with van der Waals surface area (Å²) in [6.45, 7) is 2.20. The number of rotatable bonds is 10. The number of aromatic amines is 1. The van der Waals surface area contributed by atoms with Gasteiger partial charge >= 0.3 is 6.03 Å². The lowest BCUT2D eigenvalue weighted by atomic mass is 9.85. The SMILES string of the molecule is CCC(=N)/C=C(/NC(=O)NC1CCC(Oc2ccc(=N)[nH]c2)c2ccccc21)Nc1cnn(CCO)c1. The van der Waals surface area contributed by atoms with Crippen molar-refractivity contribution in [1.82, 2.24) is 25.4 Å². The van der Waals surface area contributed by atoms with E-state index >= 15 is 0 Å². The highest BCUT2D eigenvalue weighted by Gasteiger charge is 2.29. The third-order valence-corrected chi connectivity index (χ3v) is 5.99. The fraction of sp³-hybridized carbons (Fsp3) is 0.308. The number of carbonyl (C=O) groups is 1. The highest BCUT2D eigenvalue weighted by molar-refractivity contribution is 5.93. The molecule has 0 spiro atoms. The van der Waals surface area contributed by atoms with Gasteiger partial charge in [0.25, 0.3) is 0 Å². The van der Waals surface area contributed by atoms with Crippen LogP contribution < -0.4 is 26.2 Å². The first-order chi connectivity index (χ1) is 17.9. The maximum Gasteiger partial charge on any atom is 0.320 e. The maximum atomic E-state index is 13.0. The minimum Gasteiger partial charge on any atom is -0.484 e. The van der Waals surface area contributed by atoms with Crippen LogP contribution in [-0.4, -0.2) is 38.2 Å². The van der Waals surface area contributed by atoms with E-state index in [9.17, 15) is 4.79 Å². The van der Waals surface area contributed by atoms with E-state index in [2.05, 4.69) is 26.0 Å². The summed E-state index contributed by atoms with van der Waals surface area (Å²) in [5.74, 6) is 1.01. The Balaban J connectivity index is 1.45. The number of H-pyrrole nitrogens is 1. The second-order valence-electron chi connectivity index (χ2n) is 8.68. The number of allylic oxidation sites excluding steroid dienone is 1. The zero-order valence-corrected chi connectivity index (χ0v) is 20.6. The van der Waals surface area contributed by atoms with Crippen LogP contribution in [0.4, 0.5) is 10.5 Å². The van der Waals surface area contributed by atoms with Crippen LogP contribution in [0.5, 0.6) is 5.75 Å². The summed E-state index contributed by atoms with van der Waals surface area (Å²) in [6.07, 6.45) is 8.28. The third-order valence-electron chi connectivity index (χ3n) is 5.99. The van der Waals surface area contributed by atoms with Crippen LogP contribution in [0.1, 0.15) is 49.5 Å². The summed E-state index contributed by atoms with van der Waals surface area (Å²) < 4.78 is 7.77. The van der Waals surface area contributed by atoms with Gasteiger partial charge in [-0.25, -0.2) is 4.79 Å². The highest BCUT2D eigenvalue weighted by atomic mass is 16.5. The predicted molar refractivity (Wildman–Crippen MR) is 139 cm³/mol.